The molecule has 0 saturated heterocycles. The van der Waals surface area contributed by atoms with E-state index >= 15 is 0 Å². The molecule has 0 aliphatic carbocycles. The summed E-state index contributed by atoms with van der Waals surface area (Å²) >= 11 is 4.51. The molecular formula is C29H33N3OS. The third kappa shape index (κ3) is 5.89. The van der Waals surface area contributed by atoms with Crippen molar-refractivity contribution in [2.24, 2.45) is 5.92 Å². The second-order valence-electron chi connectivity index (χ2n) is 8.78. The van der Waals surface area contributed by atoms with Crippen molar-refractivity contribution in [1.29, 1.82) is 0 Å². The zero-order valence-corrected chi connectivity index (χ0v) is 20.7. The van der Waals surface area contributed by atoms with Gasteiger partial charge in [-0.05, 0) is 34.7 Å². The summed E-state index contributed by atoms with van der Waals surface area (Å²) in [5, 5.41) is 5.56. The van der Waals surface area contributed by atoms with E-state index in [0.717, 1.165) is 37.3 Å². The lowest BCUT2D eigenvalue weighted by molar-refractivity contribution is -0.124. The fourth-order valence-corrected chi connectivity index (χ4v) is 4.68. The second-order valence-corrected chi connectivity index (χ2v) is 9.15. The fourth-order valence-electron chi connectivity index (χ4n) is 4.39. The summed E-state index contributed by atoms with van der Waals surface area (Å²) in [6, 6.07) is 25.0. The third-order valence-corrected chi connectivity index (χ3v) is 6.78. The van der Waals surface area contributed by atoms with Crippen molar-refractivity contribution in [3.05, 3.63) is 102 Å². The number of carbonyl (C=O) groups excluding carboxylic acids is 1. The Hall–Kier alpha value is -3.05. The van der Waals surface area contributed by atoms with Crippen molar-refractivity contribution in [3.63, 3.8) is 0 Å². The number of thiol groups is 1. The minimum Gasteiger partial charge on any atom is -0.350 e. The van der Waals surface area contributed by atoms with Gasteiger partial charge in [-0.3, -0.25) is 4.79 Å². The first kappa shape index (κ1) is 24.1. The Morgan fingerprint density at radius 3 is 2.59 bits per heavy atom. The van der Waals surface area contributed by atoms with Gasteiger partial charge in [0.2, 0.25) is 5.91 Å². The molecule has 4 aromatic rings. The first-order valence-electron chi connectivity index (χ1n) is 12.1. The van der Waals surface area contributed by atoms with E-state index < -0.39 is 0 Å². The number of nitrogens with one attached hydrogen (secondary N) is 1. The molecule has 34 heavy (non-hydrogen) atoms. The van der Waals surface area contributed by atoms with Crippen LogP contribution in [0, 0.1) is 5.92 Å². The summed E-state index contributed by atoms with van der Waals surface area (Å²) in [6.45, 7) is 3.42. The molecule has 176 valence electrons. The lowest BCUT2D eigenvalue weighted by atomic mass is 9.95. The van der Waals surface area contributed by atoms with E-state index in [1.165, 1.54) is 21.9 Å². The van der Waals surface area contributed by atoms with Crippen LogP contribution in [-0.2, 0) is 30.7 Å². The van der Waals surface area contributed by atoms with Gasteiger partial charge < -0.3 is 9.88 Å². The maximum atomic E-state index is 13.1. The molecule has 0 radical (unpaired) electrons. The summed E-state index contributed by atoms with van der Waals surface area (Å²) in [6.07, 6.45) is 5.75. The van der Waals surface area contributed by atoms with Crippen LogP contribution in [0.25, 0.3) is 10.8 Å². The first-order chi connectivity index (χ1) is 16.7. The zero-order chi connectivity index (χ0) is 23.8. The number of benzene rings is 3. The highest BCUT2D eigenvalue weighted by Gasteiger charge is 2.19. The number of fused-ring (bicyclic) bond motifs is 1. The molecule has 4 rings (SSSR count). The number of nitrogens with zero attached hydrogens (tertiary/aromatic N) is 2. The van der Waals surface area contributed by atoms with Crippen molar-refractivity contribution in [2.45, 2.75) is 45.7 Å². The SMILES string of the molecule is CCCCc1ncc(CNC(=O)C(CS)Cc2cccc3ccccc23)n1Cc1ccccc1. The molecule has 0 aliphatic rings. The smallest absolute Gasteiger partial charge is 0.224 e. The number of rotatable bonds is 11. The number of aryl methyl sites for hydroxylation is 1. The van der Waals surface area contributed by atoms with Gasteiger partial charge in [0.25, 0.3) is 0 Å². The summed E-state index contributed by atoms with van der Waals surface area (Å²) in [5.74, 6) is 1.42. The number of aromatic nitrogens is 2. The van der Waals surface area contributed by atoms with E-state index in [4.69, 9.17) is 4.98 Å². The molecule has 3 aromatic carbocycles. The lowest BCUT2D eigenvalue weighted by Gasteiger charge is -2.17. The minimum atomic E-state index is -0.195. The van der Waals surface area contributed by atoms with E-state index in [2.05, 4.69) is 84.0 Å². The molecular weight excluding hydrogens is 438 g/mol. The average molecular weight is 472 g/mol. The maximum Gasteiger partial charge on any atom is 0.224 e. The summed E-state index contributed by atoms with van der Waals surface area (Å²) in [4.78, 5) is 17.8. The number of hydrogen-bond donors (Lipinski definition) is 2. The van der Waals surface area contributed by atoms with Crippen molar-refractivity contribution in [2.75, 3.05) is 5.75 Å². The van der Waals surface area contributed by atoms with Crippen LogP contribution in [0.5, 0.6) is 0 Å². The number of carbonyl (C=O) groups is 1. The topological polar surface area (TPSA) is 46.9 Å². The Kier molecular flexibility index (Phi) is 8.42. The normalized spacial score (nSPS) is 12.1. The first-order valence-corrected chi connectivity index (χ1v) is 12.7. The van der Waals surface area contributed by atoms with Gasteiger partial charge in [0, 0.05) is 18.7 Å². The van der Waals surface area contributed by atoms with Gasteiger partial charge in [-0.15, -0.1) is 0 Å². The largest absolute Gasteiger partial charge is 0.350 e. The van der Waals surface area contributed by atoms with Crippen LogP contribution in [0.3, 0.4) is 0 Å². The van der Waals surface area contributed by atoms with Gasteiger partial charge >= 0.3 is 0 Å². The lowest BCUT2D eigenvalue weighted by Crippen LogP contribution is -2.33. The molecule has 1 atom stereocenters. The van der Waals surface area contributed by atoms with Crippen molar-refractivity contribution < 1.29 is 4.79 Å². The standard InChI is InChI=1S/C29H33N3OS/c1-2-3-16-28-30-18-26(32(28)20-22-10-5-4-6-11-22)19-31-29(33)25(21-34)17-24-14-9-13-23-12-7-8-15-27(23)24/h4-15,18,25,34H,2-3,16-17,19-21H2,1H3,(H,31,33). The Morgan fingerprint density at radius 2 is 1.79 bits per heavy atom. The van der Waals surface area contributed by atoms with Crippen LogP contribution in [0.2, 0.25) is 0 Å². The molecule has 1 unspecified atom stereocenters. The van der Waals surface area contributed by atoms with Crippen molar-refractivity contribution in [3.8, 4) is 0 Å². The van der Waals surface area contributed by atoms with Gasteiger partial charge in [0.05, 0.1) is 24.4 Å². The molecule has 0 bridgehead atoms. The quantitative estimate of drug-likeness (QED) is 0.270. The molecule has 1 amide bonds. The molecule has 1 heterocycles. The second kappa shape index (κ2) is 11.9. The monoisotopic (exact) mass is 471 g/mol. The highest BCUT2D eigenvalue weighted by Crippen LogP contribution is 2.22. The van der Waals surface area contributed by atoms with Gasteiger partial charge in [0.1, 0.15) is 5.82 Å². The van der Waals surface area contributed by atoms with Gasteiger partial charge in [-0.1, -0.05) is 86.1 Å². The van der Waals surface area contributed by atoms with Gasteiger partial charge in [-0.2, -0.15) is 12.6 Å². The molecule has 5 heteroatoms. The molecule has 0 spiro atoms. The maximum absolute atomic E-state index is 13.1. The van der Waals surface area contributed by atoms with Crippen LogP contribution < -0.4 is 5.32 Å². The third-order valence-electron chi connectivity index (χ3n) is 6.34. The zero-order valence-electron chi connectivity index (χ0n) is 19.8. The molecule has 0 fully saturated rings. The minimum absolute atomic E-state index is 0.0329. The summed E-state index contributed by atoms with van der Waals surface area (Å²) < 4.78 is 2.26. The van der Waals surface area contributed by atoms with E-state index in [-0.39, 0.29) is 11.8 Å². The number of unbranched alkanes of at least 4 members (excludes halogenated alkanes) is 1. The number of imidazole rings is 1. The average Bonchev–Trinajstić information content (AvgIpc) is 3.26. The molecule has 1 N–H and O–H groups in total. The van der Waals surface area contributed by atoms with Crippen molar-refractivity contribution >= 4 is 29.3 Å². The Bertz CT molecular complexity index is 1210. The molecule has 0 aliphatic heterocycles. The van der Waals surface area contributed by atoms with Crippen LogP contribution >= 0.6 is 12.6 Å². The predicted molar refractivity (Wildman–Crippen MR) is 143 cm³/mol. The van der Waals surface area contributed by atoms with E-state index in [9.17, 15) is 4.79 Å². The van der Waals surface area contributed by atoms with Crippen LogP contribution in [0.4, 0.5) is 0 Å². The highest BCUT2D eigenvalue weighted by atomic mass is 32.1. The van der Waals surface area contributed by atoms with E-state index in [1.807, 2.05) is 24.4 Å². The summed E-state index contributed by atoms with van der Waals surface area (Å²) in [7, 11) is 0. The molecule has 0 saturated carbocycles. The van der Waals surface area contributed by atoms with Crippen LogP contribution in [-0.4, -0.2) is 21.2 Å². The van der Waals surface area contributed by atoms with Crippen LogP contribution in [0.1, 0.15) is 42.4 Å². The van der Waals surface area contributed by atoms with Gasteiger partial charge in [-0.25, -0.2) is 4.98 Å². The van der Waals surface area contributed by atoms with Crippen molar-refractivity contribution in [1.82, 2.24) is 14.9 Å². The van der Waals surface area contributed by atoms with E-state index in [1.54, 1.807) is 0 Å². The number of amides is 1. The number of hydrogen-bond acceptors (Lipinski definition) is 3. The Morgan fingerprint density at radius 1 is 1.03 bits per heavy atom. The predicted octanol–water partition coefficient (Wildman–Crippen LogP) is 5.83. The molecule has 4 nitrogen and oxygen atoms in total. The molecule has 1 aromatic heterocycles. The Balaban J connectivity index is 1.47. The summed E-state index contributed by atoms with van der Waals surface area (Å²) in [5.41, 5.74) is 3.45. The van der Waals surface area contributed by atoms with Crippen LogP contribution in [0.15, 0.2) is 79.0 Å². The fraction of sp³-hybridized carbons (Fsp3) is 0.310. The highest BCUT2D eigenvalue weighted by molar-refractivity contribution is 7.80. The Labute approximate surface area is 207 Å². The van der Waals surface area contributed by atoms with Gasteiger partial charge in [0.15, 0.2) is 0 Å². The van der Waals surface area contributed by atoms with E-state index in [0.29, 0.717) is 18.7 Å².